The van der Waals surface area contributed by atoms with Crippen LogP contribution in [0.25, 0.3) is 16.8 Å². The Hall–Kier alpha value is -3.03. The fourth-order valence-electron chi connectivity index (χ4n) is 1.89. The van der Waals surface area contributed by atoms with Crippen molar-refractivity contribution in [2.75, 3.05) is 0 Å². The monoisotopic (exact) mass is 274 g/mol. The van der Waals surface area contributed by atoms with Crippen molar-refractivity contribution < 1.29 is 14.3 Å². The summed E-state index contributed by atoms with van der Waals surface area (Å²) in [6.45, 7) is 0. The van der Waals surface area contributed by atoms with Gasteiger partial charge in [-0.15, -0.1) is 5.10 Å². The lowest BCUT2D eigenvalue weighted by atomic mass is 10.1. The Kier molecular flexibility index (Phi) is 2.56. The molecule has 0 atom stereocenters. The molecule has 1 aromatic carbocycles. The summed E-state index contributed by atoms with van der Waals surface area (Å²) >= 11 is 0. The number of carboxylic acids is 1. The molecule has 3 rings (SSSR count). The van der Waals surface area contributed by atoms with Gasteiger partial charge in [0.15, 0.2) is 5.52 Å². The number of carboxylic acid groups (broad SMARTS) is 1. The lowest BCUT2D eigenvalue weighted by Gasteiger charge is -2.03. The van der Waals surface area contributed by atoms with E-state index < -0.39 is 23.0 Å². The molecule has 2 N–H and O–H groups in total. The highest BCUT2D eigenvalue weighted by Gasteiger charge is 2.18. The van der Waals surface area contributed by atoms with Crippen molar-refractivity contribution in [3.05, 3.63) is 52.3 Å². The Balaban J connectivity index is 2.30. The number of rotatable bonds is 2. The van der Waals surface area contributed by atoms with Crippen molar-refractivity contribution in [2.45, 2.75) is 0 Å². The zero-order valence-electron chi connectivity index (χ0n) is 9.87. The maximum absolute atomic E-state index is 13.7. The summed E-state index contributed by atoms with van der Waals surface area (Å²) in [5.74, 6) is -1.87. The SMILES string of the molecule is O=C(O)c1nnn2cc(-c3ccccc3F)[nH]c(=O)c12. The molecule has 0 radical (unpaired) electrons. The topological polar surface area (TPSA) is 100 Å². The highest BCUT2D eigenvalue weighted by molar-refractivity contribution is 5.92. The summed E-state index contributed by atoms with van der Waals surface area (Å²) in [5.41, 5.74) is -0.988. The number of halogens is 1. The third kappa shape index (κ3) is 1.74. The van der Waals surface area contributed by atoms with Gasteiger partial charge >= 0.3 is 5.97 Å². The molecule has 0 saturated heterocycles. The highest BCUT2D eigenvalue weighted by atomic mass is 19.1. The van der Waals surface area contributed by atoms with E-state index in [4.69, 9.17) is 5.11 Å². The minimum absolute atomic E-state index is 0.180. The molecule has 0 amide bonds. The number of benzene rings is 1. The molecule has 0 aliphatic carbocycles. The molecule has 2 heterocycles. The van der Waals surface area contributed by atoms with Gasteiger partial charge in [-0.05, 0) is 12.1 Å². The number of hydrogen-bond acceptors (Lipinski definition) is 4. The molecular weight excluding hydrogens is 267 g/mol. The van der Waals surface area contributed by atoms with E-state index in [0.717, 1.165) is 4.52 Å². The van der Waals surface area contributed by atoms with Gasteiger partial charge in [-0.1, -0.05) is 17.3 Å². The van der Waals surface area contributed by atoms with Gasteiger partial charge in [-0.25, -0.2) is 13.7 Å². The smallest absolute Gasteiger partial charge is 0.358 e. The van der Waals surface area contributed by atoms with Crippen LogP contribution >= 0.6 is 0 Å². The van der Waals surface area contributed by atoms with Crippen molar-refractivity contribution in [3.8, 4) is 11.3 Å². The first-order valence-electron chi connectivity index (χ1n) is 5.54. The molecule has 0 fully saturated rings. The average Bonchev–Trinajstić information content (AvgIpc) is 2.83. The number of carbonyl (C=O) groups is 1. The van der Waals surface area contributed by atoms with Crippen molar-refractivity contribution in [1.82, 2.24) is 19.8 Å². The van der Waals surface area contributed by atoms with Crippen LogP contribution in [-0.2, 0) is 0 Å². The molecule has 7 nitrogen and oxygen atoms in total. The number of aromatic carboxylic acids is 1. The first-order valence-corrected chi connectivity index (χ1v) is 5.54. The van der Waals surface area contributed by atoms with Crippen LogP contribution in [0, 0.1) is 5.82 Å². The van der Waals surface area contributed by atoms with E-state index in [9.17, 15) is 14.0 Å². The third-order valence-electron chi connectivity index (χ3n) is 2.78. The number of aromatic nitrogens is 4. The molecule has 0 aliphatic heterocycles. The number of nitrogens with one attached hydrogen (secondary N) is 1. The van der Waals surface area contributed by atoms with Gasteiger partial charge in [-0.2, -0.15) is 0 Å². The normalized spacial score (nSPS) is 10.8. The standard InChI is InChI=1S/C12H7FN4O3/c13-7-4-2-1-3-6(7)8-5-17-10(11(18)14-8)9(12(19)20)15-16-17/h1-5H,(H,14,18)(H,19,20). The second-order valence-corrected chi connectivity index (χ2v) is 4.01. The minimum Gasteiger partial charge on any atom is -0.476 e. The molecule has 3 aromatic rings. The summed E-state index contributed by atoms with van der Waals surface area (Å²) in [6, 6.07) is 5.88. The van der Waals surface area contributed by atoms with E-state index in [1.54, 1.807) is 6.07 Å². The molecule has 0 saturated carbocycles. The van der Waals surface area contributed by atoms with Gasteiger partial charge in [0, 0.05) is 5.56 Å². The predicted molar refractivity (Wildman–Crippen MR) is 66.0 cm³/mol. The summed E-state index contributed by atoms with van der Waals surface area (Å²) in [7, 11) is 0. The Morgan fingerprint density at radius 3 is 2.80 bits per heavy atom. The number of hydrogen-bond donors (Lipinski definition) is 2. The number of nitrogens with zero attached hydrogens (tertiary/aromatic N) is 3. The summed E-state index contributed by atoms with van der Waals surface area (Å²) in [5, 5.41) is 15.9. The van der Waals surface area contributed by atoms with Crippen LogP contribution < -0.4 is 5.56 Å². The predicted octanol–water partition coefficient (Wildman–Crippen LogP) is 0.922. The van der Waals surface area contributed by atoms with Crippen LogP contribution in [0.2, 0.25) is 0 Å². The lowest BCUT2D eigenvalue weighted by molar-refractivity contribution is 0.0692. The highest BCUT2D eigenvalue weighted by Crippen LogP contribution is 2.19. The molecule has 100 valence electrons. The van der Waals surface area contributed by atoms with E-state index in [0.29, 0.717) is 0 Å². The van der Waals surface area contributed by atoms with E-state index >= 15 is 0 Å². The second kappa shape index (κ2) is 4.26. The van der Waals surface area contributed by atoms with Crippen molar-refractivity contribution in [3.63, 3.8) is 0 Å². The maximum atomic E-state index is 13.7. The van der Waals surface area contributed by atoms with Crippen LogP contribution in [0.5, 0.6) is 0 Å². The first kappa shape index (κ1) is 12.0. The van der Waals surface area contributed by atoms with E-state index in [1.165, 1.54) is 24.4 Å². The van der Waals surface area contributed by atoms with E-state index in [2.05, 4.69) is 15.3 Å². The number of H-pyrrole nitrogens is 1. The quantitative estimate of drug-likeness (QED) is 0.723. The minimum atomic E-state index is -1.36. The number of aromatic amines is 1. The maximum Gasteiger partial charge on any atom is 0.358 e. The summed E-state index contributed by atoms with van der Waals surface area (Å²) < 4.78 is 14.7. The Morgan fingerprint density at radius 1 is 1.35 bits per heavy atom. The fourth-order valence-corrected chi connectivity index (χ4v) is 1.89. The van der Waals surface area contributed by atoms with Crippen molar-refractivity contribution >= 4 is 11.5 Å². The average molecular weight is 274 g/mol. The fraction of sp³-hybridized carbons (Fsp3) is 0. The molecule has 0 bridgehead atoms. The Morgan fingerprint density at radius 2 is 2.10 bits per heavy atom. The Labute approximate surface area is 110 Å². The van der Waals surface area contributed by atoms with Gasteiger partial charge in [0.2, 0.25) is 5.69 Å². The van der Waals surface area contributed by atoms with Crippen LogP contribution in [0.3, 0.4) is 0 Å². The van der Waals surface area contributed by atoms with Gasteiger partial charge in [0.25, 0.3) is 5.56 Å². The largest absolute Gasteiger partial charge is 0.476 e. The molecule has 0 spiro atoms. The van der Waals surface area contributed by atoms with Gasteiger partial charge < -0.3 is 10.1 Å². The first-order chi connectivity index (χ1) is 9.58. The lowest BCUT2D eigenvalue weighted by Crippen LogP contribution is -2.14. The van der Waals surface area contributed by atoms with E-state index in [1.807, 2.05) is 0 Å². The van der Waals surface area contributed by atoms with Gasteiger partial charge in [-0.3, -0.25) is 4.79 Å². The van der Waals surface area contributed by atoms with Crippen LogP contribution in [0.1, 0.15) is 10.5 Å². The molecular formula is C12H7FN4O3. The number of fused-ring (bicyclic) bond motifs is 1. The molecule has 0 aliphatic rings. The molecule has 2 aromatic heterocycles. The second-order valence-electron chi connectivity index (χ2n) is 4.01. The summed E-state index contributed by atoms with van der Waals surface area (Å²) in [4.78, 5) is 25.3. The van der Waals surface area contributed by atoms with Crippen molar-refractivity contribution in [2.24, 2.45) is 0 Å². The molecule has 20 heavy (non-hydrogen) atoms. The Bertz CT molecular complexity index is 884. The van der Waals surface area contributed by atoms with Crippen LogP contribution in [0.15, 0.2) is 35.3 Å². The zero-order valence-corrected chi connectivity index (χ0v) is 9.87. The molecule has 0 unspecified atom stereocenters. The zero-order chi connectivity index (χ0) is 14.3. The molecule has 8 heteroatoms. The third-order valence-corrected chi connectivity index (χ3v) is 2.78. The van der Waals surface area contributed by atoms with Crippen molar-refractivity contribution in [1.29, 1.82) is 0 Å². The van der Waals surface area contributed by atoms with E-state index in [-0.39, 0.29) is 16.8 Å². The van der Waals surface area contributed by atoms with Crippen LogP contribution in [-0.4, -0.2) is 30.9 Å². The summed E-state index contributed by atoms with van der Waals surface area (Å²) in [6.07, 6.45) is 1.31. The van der Waals surface area contributed by atoms with Gasteiger partial charge in [0.1, 0.15) is 5.82 Å². The van der Waals surface area contributed by atoms with Gasteiger partial charge in [0.05, 0.1) is 11.9 Å². The van der Waals surface area contributed by atoms with Crippen LogP contribution in [0.4, 0.5) is 4.39 Å².